The third-order valence-corrected chi connectivity index (χ3v) is 6.22. The van der Waals surface area contributed by atoms with Crippen LogP contribution in [0.25, 0.3) is 16.6 Å². The van der Waals surface area contributed by atoms with Crippen LogP contribution in [0.1, 0.15) is 17.3 Å². The lowest BCUT2D eigenvalue weighted by atomic mass is 9.98. The van der Waals surface area contributed by atoms with Crippen molar-refractivity contribution in [2.24, 2.45) is 14.1 Å². The average Bonchev–Trinajstić information content (AvgIpc) is 3.25. The smallest absolute Gasteiger partial charge is 0.331 e. The van der Waals surface area contributed by atoms with E-state index in [4.69, 9.17) is 14.2 Å². The first-order chi connectivity index (χ1) is 15.9. The number of methoxy groups -OCH3 is 3. The molecule has 1 N–H and O–H groups in total. The van der Waals surface area contributed by atoms with Gasteiger partial charge in [0.25, 0.3) is 5.56 Å². The van der Waals surface area contributed by atoms with Crippen LogP contribution < -0.4 is 30.8 Å². The number of nitrogens with one attached hydrogen (secondary N) is 1. The van der Waals surface area contributed by atoms with Crippen LogP contribution in [0.5, 0.6) is 17.2 Å². The Bertz CT molecular complexity index is 1500. The molecular weight excluding hydrogens is 424 g/mol. The zero-order valence-corrected chi connectivity index (χ0v) is 19.0. The molecule has 170 valence electrons. The van der Waals surface area contributed by atoms with Crippen molar-refractivity contribution in [2.45, 2.75) is 6.04 Å². The van der Waals surface area contributed by atoms with Gasteiger partial charge in [-0.2, -0.15) is 0 Å². The summed E-state index contributed by atoms with van der Waals surface area (Å²) in [6.45, 7) is 0. The Labute approximate surface area is 189 Å². The summed E-state index contributed by atoms with van der Waals surface area (Å²) >= 11 is 0. The van der Waals surface area contributed by atoms with E-state index in [0.29, 0.717) is 28.2 Å². The second-order valence-electron chi connectivity index (χ2n) is 7.91. The predicted molar refractivity (Wildman–Crippen MR) is 125 cm³/mol. The summed E-state index contributed by atoms with van der Waals surface area (Å²) in [7, 11) is 7.85. The number of fused-ring (bicyclic) bond motifs is 5. The monoisotopic (exact) mass is 448 g/mol. The first kappa shape index (κ1) is 20.7. The van der Waals surface area contributed by atoms with Crippen LogP contribution in [0.2, 0.25) is 0 Å². The molecule has 33 heavy (non-hydrogen) atoms. The maximum atomic E-state index is 13.0. The van der Waals surface area contributed by atoms with Crippen molar-refractivity contribution in [3.8, 4) is 22.9 Å². The Morgan fingerprint density at radius 3 is 2.21 bits per heavy atom. The Hall–Kier alpha value is -4.14. The Kier molecular flexibility index (Phi) is 4.70. The van der Waals surface area contributed by atoms with E-state index in [1.165, 1.54) is 11.6 Å². The van der Waals surface area contributed by atoms with E-state index in [0.717, 1.165) is 27.2 Å². The Morgan fingerprint density at radius 2 is 1.58 bits per heavy atom. The Morgan fingerprint density at radius 1 is 0.909 bits per heavy atom. The molecule has 0 amide bonds. The molecule has 9 heteroatoms. The van der Waals surface area contributed by atoms with Gasteiger partial charge in [0, 0.05) is 20.3 Å². The van der Waals surface area contributed by atoms with E-state index >= 15 is 0 Å². The normalized spacial score (nSPS) is 14.4. The molecule has 1 aliphatic heterocycles. The van der Waals surface area contributed by atoms with Crippen molar-refractivity contribution in [1.29, 1.82) is 0 Å². The van der Waals surface area contributed by atoms with E-state index < -0.39 is 6.04 Å². The lowest BCUT2D eigenvalue weighted by molar-refractivity contribution is 0.323. The number of benzene rings is 2. The molecule has 0 unspecified atom stereocenters. The number of rotatable bonds is 4. The highest BCUT2D eigenvalue weighted by Crippen LogP contribution is 2.45. The summed E-state index contributed by atoms with van der Waals surface area (Å²) < 4.78 is 21.2. The molecule has 0 bridgehead atoms. The third-order valence-electron chi connectivity index (χ3n) is 6.22. The highest BCUT2D eigenvalue weighted by Gasteiger charge is 2.32. The second-order valence-corrected chi connectivity index (χ2v) is 7.91. The highest BCUT2D eigenvalue weighted by molar-refractivity contribution is 5.86. The Balaban J connectivity index is 1.89. The van der Waals surface area contributed by atoms with E-state index in [9.17, 15) is 9.59 Å². The van der Waals surface area contributed by atoms with Crippen molar-refractivity contribution >= 4 is 16.6 Å². The van der Waals surface area contributed by atoms with Crippen LogP contribution in [-0.2, 0) is 14.1 Å². The SMILES string of the molecule is COc1cc([C@H]2Nc3ccccc3-n3cc4c(=O)n(C)c(=O)n(C)c4c32)cc(OC)c1OC. The third kappa shape index (κ3) is 2.85. The summed E-state index contributed by atoms with van der Waals surface area (Å²) in [5.74, 6) is 1.51. The van der Waals surface area contributed by atoms with E-state index in [1.54, 1.807) is 34.6 Å². The fourth-order valence-electron chi connectivity index (χ4n) is 4.62. The minimum atomic E-state index is -0.399. The van der Waals surface area contributed by atoms with Crippen molar-refractivity contribution in [3.63, 3.8) is 0 Å². The fourth-order valence-corrected chi connectivity index (χ4v) is 4.62. The zero-order valence-electron chi connectivity index (χ0n) is 19.0. The van der Waals surface area contributed by atoms with Crippen molar-refractivity contribution in [2.75, 3.05) is 26.6 Å². The number of hydrogen-bond acceptors (Lipinski definition) is 6. The van der Waals surface area contributed by atoms with Gasteiger partial charge in [0.15, 0.2) is 11.5 Å². The largest absolute Gasteiger partial charge is 0.493 e. The molecule has 0 spiro atoms. The van der Waals surface area contributed by atoms with Crippen molar-refractivity contribution in [1.82, 2.24) is 13.7 Å². The van der Waals surface area contributed by atoms with Gasteiger partial charge in [-0.05, 0) is 29.8 Å². The maximum absolute atomic E-state index is 13.0. The molecule has 3 heterocycles. The van der Waals surface area contributed by atoms with Gasteiger partial charge in [0.05, 0.1) is 55.3 Å². The lowest BCUT2D eigenvalue weighted by Crippen LogP contribution is -2.37. The molecule has 1 aliphatic rings. The van der Waals surface area contributed by atoms with Crippen molar-refractivity contribution in [3.05, 3.63) is 74.7 Å². The molecule has 2 aromatic carbocycles. The summed E-state index contributed by atoms with van der Waals surface area (Å²) in [6.07, 6.45) is 1.80. The van der Waals surface area contributed by atoms with Crippen LogP contribution in [0.15, 0.2) is 52.2 Å². The lowest BCUT2D eigenvalue weighted by Gasteiger charge is -2.30. The van der Waals surface area contributed by atoms with Gasteiger partial charge in [-0.1, -0.05) is 12.1 Å². The second kappa shape index (κ2) is 7.47. The molecule has 0 fully saturated rings. The van der Waals surface area contributed by atoms with E-state index in [1.807, 2.05) is 41.0 Å². The van der Waals surface area contributed by atoms with Crippen LogP contribution in [-0.4, -0.2) is 35.0 Å². The number of aryl methyl sites for hydroxylation is 1. The van der Waals surface area contributed by atoms with Gasteiger partial charge in [0.2, 0.25) is 5.75 Å². The van der Waals surface area contributed by atoms with Crippen LogP contribution in [0, 0.1) is 0 Å². The quantitative estimate of drug-likeness (QED) is 0.516. The summed E-state index contributed by atoms with van der Waals surface area (Å²) in [5, 5.41) is 4.04. The van der Waals surface area contributed by atoms with Crippen LogP contribution in [0.4, 0.5) is 5.69 Å². The average molecular weight is 448 g/mol. The molecule has 5 rings (SSSR count). The van der Waals surface area contributed by atoms with Gasteiger partial charge in [-0.15, -0.1) is 0 Å². The molecule has 0 aliphatic carbocycles. The van der Waals surface area contributed by atoms with Gasteiger partial charge < -0.3 is 24.1 Å². The predicted octanol–water partition coefficient (Wildman–Crippen LogP) is 2.57. The van der Waals surface area contributed by atoms with E-state index in [2.05, 4.69) is 5.32 Å². The molecule has 0 saturated carbocycles. The first-order valence-corrected chi connectivity index (χ1v) is 10.4. The number of aromatic nitrogens is 3. The molecule has 9 nitrogen and oxygen atoms in total. The molecule has 2 aromatic heterocycles. The summed E-state index contributed by atoms with van der Waals surface area (Å²) in [4.78, 5) is 25.8. The maximum Gasteiger partial charge on any atom is 0.331 e. The number of nitrogens with zero attached hydrogens (tertiary/aromatic N) is 3. The standard InChI is InChI=1S/C24H24N4O5/c1-26-20-14(23(29)27(2)24(26)30)12-28-16-9-7-6-8-15(16)25-19(21(20)28)13-10-17(31-3)22(33-5)18(11-13)32-4/h6-12,19,25H,1-5H3/t19-/m1/s1. The van der Waals surface area contributed by atoms with Gasteiger partial charge in [0.1, 0.15) is 0 Å². The molecule has 0 saturated heterocycles. The van der Waals surface area contributed by atoms with Crippen LogP contribution in [0.3, 0.4) is 0 Å². The topological polar surface area (TPSA) is 88.7 Å². The molecule has 0 radical (unpaired) electrons. The van der Waals surface area contributed by atoms with Gasteiger partial charge >= 0.3 is 5.69 Å². The molecule has 4 aromatic rings. The van der Waals surface area contributed by atoms with Gasteiger partial charge in [-0.3, -0.25) is 13.9 Å². The molecule has 1 atom stereocenters. The highest BCUT2D eigenvalue weighted by atomic mass is 16.5. The van der Waals surface area contributed by atoms with Crippen LogP contribution >= 0.6 is 0 Å². The molecular formula is C24H24N4O5. The van der Waals surface area contributed by atoms with E-state index in [-0.39, 0.29) is 11.2 Å². The number of hydrogen-bond donors (Lipinski definition) is 1. The fraction of sp³-hybridized carbons (Fsp3) is 0.250. The minimum absolute atomic E-state index is 0.337. The number of para-hydroxylation sites is 2. The van der Waals surface area contributed by atoms with Gasteiger partial charge in [-0.25, -0.2) is 4.79 Å². The number of ether oxygens (including phenoxy) is 3. The van der Waals surface area contributed by atoms with Crippen molar-refractivity contribution < 1.29 is 14.2 Å². The summed E-state index contributed by atoms with van der Waals surface area (Å²) in [6, 6.07) is 11.2. The summed E-state index contributed by atoms with van der Waals surface area (Å²) in [5.41, 5.74) is 3.24. The first-order valence-electron chi connectivity index (χ1n) is 10.4. The minimum Gasteiger partial charge on any atom is -0.493 e. The number of anilines is 1. The zero-order chi connectivity index (χ0) is 23.4.